The van der Waals surface area contributed by atoms with E-state index in [0.717, 1.165) is 21.4 Å². The summed E-state index contributed by atoms with van der Waals surface area (Å²) in [6.45, 7) is 0. The molecule has 0 bridgehead atoms. The molecule has 0 atom stereocenters. The Balaban J connectivity index is 2.21. The van der Waals surface area contributed by atoms with Gasteiger partial charge in [0.15, 0.2) is 5.52 Å². The maximum absolute atomic E-state index is 11.4. The number of nitrogens with zero attached hydrogens (tertiary/aromatic N) is 12. The van der Waals surface area contributed by atoms with Crippen molar-refractivity contribution in [3.63, 3.8) is 0 Å². The first-order valence-electron chi connectivity index (χ1n) is 7.23. The van der Waals surface area contributed by atoms with E-state index >= 15 is 0 Å². The molecule has 2 aromatic carbocycles. The molecule has 2 heterocycles. The predicted molar refractivity (Wildman–Crippen MR) is 90.1 cm³/mol. The Morgan fingerprint density at radius 2 is 1.64 bits per heavy atom. The molecule has 16 heteroatoms. The quantitative estimate of drug-likeness (QED) is 0.129. The monoisotopic (exact) mass is 380 g/mol. The highest BCUT2D eigenvalue weighted by atomic mass is 16.6. The minimum Gasteiger partial charge on any atom is -0.263 e. The van der Waals surface area contributed by atoms with E-state index < -0.39 is 21.2 Å². The van der Waals surface area contributed by atoms with Crippen LogP contribution in [0.5, 0.6) is 0 Å². The number of fused-ring (bicyclic) bond motifs is 5. The zero-order valence-corrected chi connectivity index (χ0v) is 13.3. The SMILES string of the molecule is [N-]=[N+]=Nc1cc([N+](=O)[O-])c2[n-][n+]3c4cc(N=[N+]=[N-])cc([N+](=O)[O-])c4nn3c2c1. The van der Waals surface area contributed by atoms with E-state index in [9.17, 15) is 20.2 Å². The summed E-state index contributed by atoms with van der Waals surface area (Å²) in [5.41, 5.74) is 16.3. The Bertz CT molecular complexity index is 1330. The van der Waals surface area contributed by atoms with E-state index in [1.54, 1.807) is 0 Å². The first-order chi connectivity index (χ1) is 13.4. The zero-order chi connectivity index (χ0) is 20.0. The summed E-state index contributed by atoms with van der Waals surface area (Å²) in [5.74, 6) is 0. The van der Waals surface area contributed by atoms with Crippen LogP contribution in [-0.4, -0.2) is 19.6 Å². The van der Waals surface area contributed by atoms with E-state index in [4.69, 9.17) is 11.1 Å². The maximum Gasteiger partial charge on any atom is 0.325 e. The molecule has 0 spiro atoms. The molecule has 0 amide bonds. The summed E-state index contributed by atoms with van der Waals surface area (Å²) < 4.78 is 2.19. The van der Waals surface area contributed by atoms with Gasteiger partial charge in [0.25, 0.3) is 5.69 Å². The molecule has 0 saturated heterocycles. The molecule has 0 saturated carbocycles. The molecular weight excluding hydrogens is 376 g/mol. The van der Waals surface area contributed by atoms with E-state index in [-0.39, 0.29) is 33.4 Å². The Hall–Kier alpha value is -4.94. The normalized spacial score (nSPS) is 10.7. The van der Waals surface area contributed by atoms with Gasteiger partial charge in [-0.2, -0.15) is 4.63 Å². The molecule has 136 valence electrons. The van der Waals surface area contributed by atoms with Crippen LogP contribution in [0.2, 0.25) is 0 Å². The Kier molecular flexibility index (Phi) is 3.42. The number of non-ortho nitro benzene ring substituents is 2. The van der Waals surface area contributed by atoms with E-state index in [1.165, 1.54) is 12.1 Å². The van der Waals surface area contributed by atoms with Gasteiger partial charge in [-0.1, -0.05) is 10.2 Å². The van der Waals surface area contributed by atoms with Crippen molar-refractivity contribution in [1.29, 1.82) is 0 Å². The van der Waals surface area contributed by atoms with Crippen molar-refractivity contribution in [2.24, 2.45) is 10.2 Å². The average molecular weight is 380 g/mol. The summed E-state index contributed by atoms with van der Waals surface area (Å²) in [5, 5.41) is 37.7. The second-order valence-electron chi connectivity index (χ2n) is 5.34. The number of hydrogen-bond donors (Lipinski definition) is 0. The number of rotatable bonds is 4. The van der Waals surface area contributed by atoms with Crippen LogP contribution >= 0.6 is 0 Å². The molecule has 0 aliphatic carbocycles. The third-order valence-corrected chi connectivity index (χ3v) is 3.82. The van der Waals surface area contributed by atoms with Crippen molar-refractivity contribution >= 4 is 44.8 Å². The van der Waals surface area contributed by atoms with Crippen LogP contribution in [-0.2, 0) is 0 Å². The Morgan fingerprint density at radius 1 is 1.04 bits per heavy atom. The van der Waals surface area contributed by atoms with Gasteiger partial charge in [-0.05, 0) is 22.2 Å². The number of hydrogen-bond acceptors (Lipinski definition) is 7. The third-order valence-electron chi connectivity index (χ3n) is 3.82. The second kappa shape index (κ2) is 5.80. The molecule has 28 heavy (non-hydrogen) atoms. The fraction of sp³-hybridized carbons (Fsp3) is 0. The summed E-state index contributed by atoms with van der Waals surface area (Å²) in [4.78, 5) is 26.5. The maximum atomic E-state index is 11.4. The molecule has 4 rings (SSSR count). The minimum absolute atomic E-state index is 0.0552. The molecule has 2 aromatic heterocycles. The topological polar surface area (TPSA) is 219 Å². The Labute approximate surface area is 150 Å². The molecule has 0 aliphatic heterocycles. The van der Waals surface area contributed by atoms with Gasteiger partial charge >= 0.3 is 11.2 Å². The summed E-state index contributed by atoms with van der Waals surface area (Å²) in [6, 6.07) is 4.71. The van der Waals surface area contributed by atoms with Crippen LogP contribution in [0, 0.1) is 20.2 Å². The molecule has 0 N–H and O–H groups in total. The molecule has 0 unspecified atom stereocenters. The van der Waals surface area contributed by atoms with Gasteiger partial charge in [-0.25, -0.2) is 0 Å². The summed E-state index contributed by atoms with van der Waals surface area (Å²) >= 11 is 0. The van der Waals surface area contributed by atoms with Gasteiger partial charge in [-0.3, -0.25) is 25.3 Å². The fourth-order valence-corrected chi connectivity index (χ4v) is 2.77. The summed E-state index contributed by atoms with van der Waals surface area (Å²) in [6.07, 6.45) is 0. The number of aromatic nitrogens is 4. The number of nitro benzene ring substituents is 2. The van der Waals surface area contributed by atoms with Crippen LogP contribution < -0.4 is 9.73 Å². The van der Waals surface area contributed by atoms with Gasteiger partial charge in [0.1, 0.15) is 0 Å². The number of azide groups is 2. The minimum atomic E-state index is -0.707. The lowest BCUT2D eigenvalue weighted by atomic mass is 10.2. The van der Waals surface area contributed by atoms with E-state index in [2.05, 4.69) is 30.2 Å². The molecule has 0 radical (unpaired) electrons. The van der Waals surface area contributed by atoms with Gasteiger partial charge in [0.2, 0.25) is 0 Å². The van der Waals surface area contributed by atoms with Crippen molar-refractivity contribution in [3.8, 4) is 0 Å². The van der Waals surface area contributed by atoms with Gasteiger partial charge in [-0.15, -0.1) is 4.63 Å². The lowest BCUT2D eigenvalue weighted by molar-refractivity contribution is -0.654. The molecule has 4 aromatic rings. The predicted octanol–water partition coefficient (Wildman–Crippen LogP) is 2.88. The molecule has 0 fully saturated rings. The van der Waals surface area contributed by atoms with Crippen molar-refractivity contribution in [2.45, 2.75) is 0 Å². The molecular formula is C12H4N12O4. The van der Waals surface area contributed by atoms with Crippen LogP contribution in [0.3, 0.4) is 0 Å². The molecule has 16 nitrogen and oxygen atoms in total. The Morgan fingerprint density at radius 3 is 2.25 bits per heavy atom. The number of nitro groups is 2. The van der Waals surface area contributed by atoms with Crippen LogP contribution in [0.1, 0.15) is 0 Å². The van der Waals surface area contributed by atoms with Gasteiger partial charge in [0, 0.05) is 39.4 Å². The first-order valence-corrected chi connectivity index (χ1v) is 7.23. The van der Waals surface area contributed by atoms with Crippen LogP contribution in [0.4, 0.5) is 22.7 Å². The highest BCUT2D eigenvalue weighted by Crippen LogP contribution is 2.32. The van der Waals surface area contributed by atoms with Crippen LogP contribution in [0.15, 0.2) is 34.5 Å². The van der Waals surface area contributed by atoms with Crippen molar-refractivity contribution in [2.75, 3.05) is 0 Å². The second-order valence-corrected chi connectivity index (χ2v) is 5.34. The van der Waals surface area contributed by atoms with Crippen molar-refractivity contribution in [1.82, 2.24) is 14.8 Å². The lowest BCUT2D eigenvalue weighted by Gasteiger charge is -1.97. The van der Waals surface area contributed by atoms with Crippen molar-refractivity contribution in [3.05, 3.63) is 65.4 Å². The zero-order valence-electron chi connectivity index (χ0n) is 13.3. The van der Waals surface area contributed by atoms with E-state index in [1.807, 2.05) is 0 Å². The summed E-state index contributed by atoms with van der Waals surface area (Å²) in [7, 11) is 0. The van der Waals surface area contributed by atoms with Gasteiger partial charge in [0.05, 0.1) is 20.9 Å². The largest absolute Gasteiger partial charge is 0.325 e. The average Bonchev–Trinajstić information content (AvgIpc) is 3.17. The van der Waals surface area contributed by atoms with Crippen molar-refractivity contribution < 1.29 is 14.5 Å². The molecule has 0 aliphatic rings. The van der Waals surface area contributed by atoms with Gasteiger partial charge < -0.3 is 0 Å². The standard InChI is InChI=1S/C12H4N12O4/c13-19-15-5-1-7-11(9(3-5)23(25)26)17-22-8-2-6(16-20-14)4-10(24(27)28)12(8)18-21(7)22/h1-4H. The fourth-order valence-electron chi connectivity index (χ4n) is 2.77. The van der Waals surface area contributed by atoms with Crippen LogP contribution in [0.25, 0.3) is 43.0 Å². The third kappa shape index (κ3) is 2.27. The lowest BCUT2D eigenvalue weighted by Crippen LogP contribution is -2.30. The van der Waals surface area contributed by atoms with E-state index in [0.29, 0.717) is 0 Å². The smallest absolute Gasteiger partial charge is 0.263 e. The highest BCUT2D eigenvalue weighted by Gasteiger charge is 2.26. The highest BCUT2D eigenvalue weighted by molar-refractivity contribution is 5.89. The number of benzene rings is 2. The first kappa shape index (κ1) is 16.5.